The minimum Gasteiger partial charge on any atom is -0.330 e. The van der Waals surface area contributed by atoms with Gasteiger partial charge >= 0.3 is 0 Å². The molecule has 0 aliphatic carbocycles. The summed E-state index contributed by atoms with van der Waals surface area (Å²) >= 11 is 0. The molecule has 0 unspecified atom stereocenters. The van der Waals surface area contributed by atoms with Crippen LogP contribution in [0, 0.1) is 10.1 Å². The molecule has 0 atom stereocenters. The molecule has 4 nitrogen and oxygen atoms in total. The van der Waals surface area contributed by atoms with Gasteiger partial charge in [-0.05, 0) is 18.5 Å². The Morgan fingerprint density at radius 3 is 2.23 bits per heavy atom. The molecule has 0 radical (unpaired) electrons. The van der Waals surface area contributed by atoms with E-state index in [0.29, 0.717) is 6.54 Å². The lowest BCUT2D eigenvalue weighted by atomic mass is 10.1. The summed E-state index contributed by atoms with van der Waals surface area (Å²) in [5.41, 5.74) is 6.48. The molecule has 5 heteroatoms. The molecule has 13 heavy (non-hydrogen) atoms. The smallest absolute Gasteiger partial charge is 0.269 e. The summed E-state index contributed by atoms with van der Waals surface area (Å²) in [6.45, 7) is 0.567. The second-order valence-corrected chi connectivity index (χ2v) is 2.46. The van der Waals surface area contributed by atoms with Gasteiger partial charge in [-0.25, -0.2) is 0 Å². The highest BCUT2D eigenvalue weighted by Gasteiger charge is 2.02. The fourth-order valence-electron chi connectivity index (χ4n) is 0.951. The van der Waals surface area contributed by atoms with E-state index >= 15 is 0 Å². The van der Waals surface area contributed by atoms with Crippen LogP contribution in [0.1, 0.15) is 5.56 Å². The van der Waals surface area contributed by atoms with Crippen LogP contribution in [-0.2, 0) is 6.42 Å². The van der Waals surface area contributed by atoms with Gasteiger partial charge in [-0.1, -0.05) is 12.1 Å². The molecule has 0 bridgehead atoms. The topological polar surface area (TPSA) is 69.2 Å². The van der Waals surface area contributed by atoms with Gasteiger partial charge in [0.25, 0.3) is 5.69 Å². The number of rotatable bonds is 3. The van der Waals surface area contributed by atoms with Crippen LogP contribution in [0.5, 0.6) is 0 Å². The van der Waals surface area contributed by atoms with Crippen LogP contribution in [0.3, 0.4) is 0 Å². The lowest BCUT2D eigenvalue weighted by Crippen LogP contribution is -2.02. The maximum atomic E-state index is 10.3. The minimum absolute atomic E-state index is 0. The molecule has 0 amide bonds. The highest BCUT2D eigenvalue weighted by molar-refractivity contribution is 8.93. The molecule has 0 aromatic heterocycles. The number of nitro groups is 1. The van der Waals surface area contributed by atoms with Crippen LogP contribution in [0.15, 0.2) is 24.3 Å². The van der Waals surface area contributed by atoms with Crippen molar-refractivity contribution in [2.75, 3.05) is 6.54 Å². The predicted molar refractivity (Wildman–Crippen MR) is 56.2 cm³/mol. The van der Waals surface area contributed by atoms with Crippen molar-refractivity contribution in [3.63, 3.8) is 0 Å². The maximum absolute atomic E-state index is 10.3. The normalized spacial score (nSPS) is 9.00. The molecule has 2 N–H and O–H groups in total. The molecular formula is C8H11BrN2O2. The van der Waals surface area contributed by atoms with Crippen molar-refractivity contribution in [2.45, 2.75) is 6.42 Å². The van der Waals surface area contributed by atoms with Crippen molar-refractivity contribution < 1.29 is 4.92 Å². The van der Waals surface area contributed by atoms with Gasteiger partial charge in [0, 0.05) is 12.1 Å². The van der Waals surface area contributed by atoms with Gasteiger partial charge < -0.3 is 5.73 Å². The number of nitro benzene ring substituents is 1. The van der Waals surface area contributed by atoms with E-state index in [-0.39, 0.29) is 22.7 Å². The lowest BCUT2D eigenvalue weighted by molar-refractivity contribution is -0.384. The highest BCUT2D eigenvalue weighted by atomic mass is 79.9. The number of nitrogens with two attached hydrogens (primary N) is 1. The number of hydrogen-bond donors (Lipinski definition) is 1. The first kappa shape index (κ1) is 12.1. The summed E-state index contributed by atoms with van der Waals surface area (Å²) in [5, 5.41) is 10.3. The monoisotopic (exact) mass is 246 g/mol. The third-order valence-corrected chi connectivity index (χ3v) is 1.58. The van der Waals surface area contributed by atoms with Gasteiger partial charge in [0.15, 0.2) is 0 Å². The first-order valence-corrected chi connectivity index (χ1v) is 3.67. The fraction of sp³-hybridized carbons (Fsp3) is 0.250. The van der Waals surface area contributed by atoms with Crippen molar-refractivity contribution in [2.24, 2.45) is 5.73 Å². The van der Waals surface area contributed by atoms with Gasteiger partial charge in [0.2, 0.25) is 0 Å². The molecule has 1 aromatic rings. The molecular weight excluding hydrogens is 236 g/mol. The van der Waals surface area contributed by atoms with E-state index in [1.54, 1.807) is 12.1 Å². The summed E-state index contributed by atoms with van der Waals surface area (Å²) in [5.74, 6) is 0. The number of hydrogen-bond acceptors (Lipinski definition) is 3. The Bertz CT molecular complexity index is 274. The van der Waals surface area contributed by atoms with Gasteiger partial charge in [0.1, 0.15) is 0 Å². The summed E-state index contributed by atoms with van der Waals surface area (Å²) < 4.78 is 0. The van der Waals surface area contributed by atoms with Crippen LogP contribution in [0.25, 0.3) is 0 Å². The Morgan fingerprint density at radius 2 is 1.85 bits per heavy atom. The first-order valence-electron chi connectivity index (χ1n) is 3.67. The van der Waals surface area contributed by atoms with Crippen molar-refractivity contribution >= 4 is 22.7 Å². The van der Waals surface area contributed by atoms with E-state index < -0.39 is 4.92 Å². The number of nitrogens with zero attached hydrogens (tertiary/aromatic N) is 1. The third kappa shape index (κ3) is 3.52. The average Bonchev–Trinajstić information content (AvgIpc) is 2.06. The van der Waals surface area contributed by atoms with E-state index in [4.69, 9.17) is 5.73 Å². The van der Waals surface area contributed by atoms with Crippen LogP contribution in [-0.4, -0.2) is 11.5 Å². The maximum Gasteiger partial charge on any atom is 0.269 e. The standard InChI is InChI=1S/C8H10N2O2.BrH/c9-6-5-7-1-3-8(4-2-7)10(11)12;/h1-4H,5-6,9H2;1H. The number of benzene rings is 1. The zero-order valence-corrected chi connectivity index (χ0v) is 8.69. The molecule has 0 heterocycles. The van der Waals surface area contributed by atoms with Gasteiger partial charge in [-0.2, -0.15) is 0 Å². The van der Waals surface area contributed by atoms with Crippen molar-refractivity contribution in [1.29, 1.82) is 0 Å². The molecule has 0 saturated carbocycles. The Labute approximate surface area is 86.7 Å². The largest absolute Gasteiger partial charge is 0.330 e. The zero-order valence-electron chi connectivity index (χ0n) is 6.97. The molecule has 1 aromatic carbocycles. The van der Waals surface area contributed by atoms with Gasteiger partial charge in [0.05, 0.1) is 4.92 Å². The Balaban J connectivity index is 0.00000144. The summed E-state index contributed by atoms with van der Waals surface area (Å²) in [7, 11) is 0. The van der Waals surface area contributed by atoms with Crippen LogP contribution in [0.4, 0.5) is 5.69 Å². The highest BCUT2D eigenvalue weighted by Crippen LogP contribution is 2.11. The van der Waals surface area contributed by atoms with Crippen molar-refractivity contribution in [1.82, 2.24) is 0 Å². The quantitative estimate of drug-likeness (QED) is 0.652. The summed E-state index contributed by atoms with van der Waals surface area (Å²) in [6.07, 6.45) is 0.762. The number of halogens is 1. The van der Waals surface area contributed by atoms with Crippen molar-refractivity contribution in [3.05, 3.63) is 39.9 Å². The van der Waals surface area contributed by atoms with E-state index in [2.05, 4.69) is 0 Å². The molecule has 0 fully saturated rings. The Hall–Kier alpha value is -0.940. The Kier molecular flexibility index (Phi) is 5.25. The van der Waals surface area contributed by atoms with Gasteiger partial charge in [-0.3, -0.25) is 10.1 Å². The zero-order chi connectivity index (χ0) is 8.97. The average molecular weight is 247 g/mol. The molecule has 0 saturated heterocycles. The van der Waals surface area contributed by atoms with Gasteiger partial charge in [-0.15, -0.1) is 17.0 Å². The molecule has 0 spiro atoms. The van der Waals surface area contributed by atoms with Crippen LogP contribution < -0.4 is 5.73 Å². The fourth-order valence-corrected chi connectivity index (χ4v) is 0.951. The molecule has 72 valence electrons. The molecule has 0 aliphatic heterocycles. The van der Waals surface area contributed by atoms with E-state index in [1.165, 1.54) is 12.1 Å². The van der Waals surface area contributed by atoms with Crippen LogP contribution in [0.2, 0.25) is 0 Å². The minimum atomic E-state index is -0.410. The first-order chi connectivity index (χ1) is 5.74. The molecule has 0 aliphatic rings. The lowest BCUT2D eigenvalue weighted by Gasteiger charge is -1.96. The summed E-state index contributed by atoms with van der Waals surface area (Å²) in [6, 6.07) is 6.44. The van der Waals surface area contributed by atoms with E-state index in [0.717, 1.165) is 12.0 Å². The predicted octanol–water partition coefficient (Wildman–Crippen LogP) is 1.67. The number of non-ortho nitro benzene ring substituents is 1. The summed E-state index contributed by atoms with van der Waals surface area (Å²) in [4.78, 5) is 9.84. The molecule has 1 rings (SSSR count). The van der Waals surface area contributed by atoms with Crippen LogP contribution >= 0.6 is 17.0 Å². The SMILES string of the molecule is Br.NCCc1ccc([N+](=O)[O-])cc1. The van der Waals surface area contributed by atoms with E-state index in [1.807, 2.05) is 0 Å². The second-order valence-electron chi connectivity index (χ2n) is 2.46. The third-order valence-electron chi connectivity index (χ3n) is 1.58. The second kappa shape index (κ2) is 5.66. The van der Waals surface area contributed by atoms with E-state index in [9.17, 15) is 10.1 Å². The van der Waals surface area contributed by atoms with Crippen molar-refractivity contribution in [3.8, 4) is 0 Å². The Morgan fingerprint density at radius 1 is 1.31 bits per heavy atom.